The van der Waals surface area contributed by atoms with Crippen molar-refractivity contribution in [3.8, 4) is 0 Å². The van der Waals surface area contributed by atoms with Crippen LogP contribution in [-0.2, 0) is 0 Å². The smallest absolute Gasteiger partial charge is 0.122 e. The molecule has 1 N–H and O–H groups in total. The summed E-state index contributed by atoms with van der Waals surface area (Å²) < 4.78 is 13.5. The van der Waals surface area contributed by atoms with E-state index in [-0.39, 0.29) is 0 Å². The molecule has 0 saturated carbocycles. The van der Waals surface area contributed by atoms with Gasteiger partial charge in [0.05, 0.1) is 0 Å². The molecule has 0 bridgehead atoms. The fourth-order valence-corrected chi connectivity index (χ4v) is 2.40. The Kier molecular flexibility index (Phi) is 2.56. The summed E-state index contributed by atoms with van der Waals surface area (Å²) in [6.45, 7) is 5.47. The summed E-state index contributed by atoms with van der Waals surface area (Å²) in [6, 6.07) is 0.619. The van der Waals surface area contributed by atoms with Crippen molar-refractivity contribution in [2.75, 3.05) is 26.2 Å². The number of hydrogen-bond acceptors (Lipinski definition) is 2. The maximum atomic E-state index is 13.5. The largest absolute Gasteiger partial charge is 0.313 e. The number of likely N-dealkylation sites (tertiary alicyclic amines) is 1. The van der Waals surface area contributed by atoms with Crippen molar-refractivity contribution in [2.24, 2.45) is 0 Å². The second kappa shape index (κ2) is 3.54. The summed E-state index contributed by atoms with van der Waals surface area (Å²) in [5, 5.41) is 3.45. The summed E-state index contributed by atoms with van der Waals surface area (Å²) >= 11 is 0. The zero-order chi connectivity index (χ0) is 9.31. The fourth-order valence-electron chi connectivity index (χ4n) is 2.40. The topological polar surface area (TPSA) is 15.3 Å². The number of halogens is 1. The lowest BCUT2D eigenvalue weighted by molar-refractivity contribution is 0.184. The van der Waals surface area contributed by atoms with Crippen LogP contribution in [0.4, 0.5) is 4.39 Å². The van der Waals surface area contributed by atoms with Gasteiger partial charge in [-0.25, -0.2) is 4.39 Å². The zero-order valence-electron chi connectivity index (χ0n) is 8.35. The first-order valence-corrected chi connectivity index (χ1v) is 5.30. The van der Waals surface area contributed by atoms with E-state index in [4.69, 9.17) is 0 Å². The normalized spacial score (nSPS) is 41.5. The van der Waals surface area contributed by atoms with E-state index >= 15 is 0 Å². The van der Waals surface area contributed by atoms with Crippen molar-refractivity contribution in [2.45, 2.75) is 37.9 Å². The minimum atomic E-state index is -0.932. The van der Waals surface area contributed by atoms with Gasteiger partial charge in [-0.2, -0.15) is 0 Å². The van der Waals surface area contributed by atoms with Gasteiger partial charge in [0.2, 0.25) is 0 Å². The molecule has 0 radical (unpaired) electrons. The Morgan fingerprint density at radius 1 is 1.62 bits per heavy atom. The predicted molar refractivity (Wildman–Crippen MR) is 51.6 cm³/mol. The third kappa shape index (κ3) is 2.41. The number of alkyl halides is 1. The molecule has 0 aromatic heterocycles. The van der Waals surface area contributed by atoms with E-state index in [1.54, 1.807) is 6.92 Å². The second-order valence-corrected chi connectivity index (χ2v) is 4.69. The lowest BCUT2D eigenvalue weighted by Gasteiger charge is -2.21. The quantitative estimate of drug-likeness (QED) is 0.696. The standard InChI is InChI=1S/C10H19FN2/c1-10(11)4-6-13(8-10)7-9-3-2-5-12-9/h9,12H,2-8H2,1H3. The van der Waals surface area contributed by atoms with Crippen LogP contribution in [0.5, 0.6) is 0 Å². The molecule has 2 heterocycles. The molecule has 3 heteroatoms. The molecule has 0 aromatic rings. The Balaban J connectivity index is 1.77. The highest BCUT2D eigenvalue weighted by Crippen LogP contribution is 2.25. The minimum Gasteiger partial charge on any atom is -0.313 e. The van der Waals surface area contributed by atoms with Gasteiger partial charge in [-0.1, -0.05) is 0 Å². The highest BCUT2D eigenvalue weighted by molar-refractivity contribution is 4.89. The first kappa shape index (κ1) is 9.41. The summed E-state index contributed by atoms with van der Waals surface area (Å²) in [5.41, 5.74) is -0.932. The van der Waals surface area contributed by atoms with Gasteiger partial charge in [0, 0.05) is 25.7 Å². The molecule has 13 heavy (non-hydrogen) atoms. The molecule has 2 aliphatic heterocycles. The van der Waals surface area contributed by atoms with Crippen molar-refractivity contribution >= 4 is 0 Å². The third-order valence-electron chi connectivity index (χ3n) is 3.14. The van der Waals surface area contributed by atoms with Gasteiger partial charge in [0.25, 0.3) is 0 Å². The second-order valence-electron chi connectivity index (χ2n) is 4.69. The van der Waals surface area contributed by atoms with Crippen LogP contribution in [0.2, 0.25) is 0 Å². The van der Waals surface area contributed by atoms with Crippen molar-refractivity contribution < 1.29 is 4.39 Å². The van der Waals surface area contributed by atoms with Crippen LogP contribution >= 0.6 is 0 Å². The van der Waals surface area contributed by atoms with Gasteiger partial charge in [-0.3, -0.25) is 4.90 Å². The molecule has 2 saturated heterocycles. The average molecular weight is 186 g/mol. The minimum absolute atomic E-state index is 0.619. The van der Waals surface area contributed by atoms with Gasteiger partial charge >= 0.3 is 0 Å². The van der Waals surface area contributed by atoms with Gasteiger partial charge in [-0.05, 0) is 32.7 Å². The Hall–Kier alpha value is -0.150. The van der Waals surface area contributed by atoms with Crippen LogP contribution < -0.4 is 5.32 Å². The van der Waals surface area contributed by atoms with E-state index in [2.05, 4.69) is 10.2 Å². The SMILES string of the molecule is CC1(F)CCN(CC2CCCN2)C1. The number of hydrogen-bond donors (Lipinski definition) is 1. The molecule has 2 aliphatic rings. The Labute approximate surface area is 79.5 Å². The van der Waals surface area contributed by atoms with Crippen LogP contribution in [0.15, 0.2) is 0 Å². The summed E-state index contributed by atoms with van der Waals surface area (Å²) in [7, 11) is 0. The Morgan fingerprint density at radius 3 is 3.00 bits per heavy atom. The number of nitrogens with one attached hydrogen (secondary N) is 1. The van der Waals surface area contributed by atoms with Crippen LogP contribution in [0.25, 0.3) is 0 Å². The molecule has 0 spiro atoms. The molecule has 2 rings (SSSR count). The molecule has 76 valence electrons. The first-order chi connectivity index (χ1) is 6.16. The van der Waals surface area contributed by atoms with Crippen LogP contribution in [0, 0.1) is 0 Å². The molecular formula is C10H19FN2. The highest BCUT2D eigenvalue weighted by atomic mass is 19.1. The summed E-state index contributed by atoms with van der Waals surface area (Å²) in [5.74, 6) is 0. The average Bonchev–Trinajstić information content (AvgIpc) is 2.61. The van der Waals surface area contributed by atoms with Crippen LogP contribution in [-0.4, -0.2) is 42.8 Å². The predicted octanol–water partition coefficient (Wildman–Crippen LogP) is 1.17. The maximum Gasteiger partial charge on any atom is 0.122 e. The molecular weight excluding hydrogens is 167 g/mol. The maximum absolute atomic E-state index is 13.5. The molecule has 0 amide bonds. The van der Waals surface area contributed by atoms with Gasteiger partial charge in [0.15, 0.2) is 0 Å². The van der Waals surface area contributed by atoms with Crippen molar-refractivity contribution in [1.82, 2.24) is 10.2 Å². The zero-order valence-corrected chi connectivity index (χ0v) is 8.35. The fraction of sp³-hybridized carbons (Fsp3) is 1.00. The van der Waals surface area contributed by atoms with E-state index in [0.29, 0.717) is 19.0 Å². The first-order valence-electron chi connectivity index (χ1n) is 5.30. The van der Waals surface area contributed by atoms with Gasteiger partial charge < -0.3 is 5.32 Å². The number of rotatable bonds is 2. The Morgan fingerprint density at radius 2 is 2.46 bits per heavy atom. The lowest BCUT2D eigenvalue weighted by atomic mass is 10.1. The van der Waals surface area contributed by atoms with Crippen molar-refractivity contribution in [3.05, 3.63) is 0 Å². The molecule has 0 aliphatic carbocycles. The molecule has 2 atom stereocenters. The van der Waals surface area contributed by atoms with Crippen molar-refractivity contribution in [3.63, 3.8) is 0 Å². The van der Waals surface area contributed by atoms with Crippen molar-refractivity contribution in [1.29, 1.82) is 0 Å². The monoisotopic (exact) mass is 186 g/mol. The van der Waals surface area contributed by atoms with Crippen LogP contribution in [0.1, 0.15) is 26.2 Å². The van der Waals surface area contributed by atoms with Gasteiger partial charge in [0.1, 0.15) is 5.67 Å². The van der Waals surface area contributed by atoms with E-state index in [1.165, 1.54) is 12.8 Å². The highest BCUT2D eigenvalue weighted by Gasteiger charge is 2.34. The Bertz CT molecular complexity index is 176. The molecule has 2 unspecified atom stereocenters. The number of nitrogens with zero attached hydrogens (tertiary/aromatic N) is 1. The molecule has 2 nitrogen and oxygen atoms in total. The van der Waals surface area contributed by atoms with Crippen LogP contribution in [0.3, 0.4) is 0 Å². The summed E-state index contributed by atoms with van der Waals surface area (Å²) in [4.78, 5) is 2.25. The lowest BCUT2D eigenvalue weighted by Crippen LogP contribution is -2.37. The summed E-state index contributed by atoms with van der Waals surface area (Å²) in [6.07, 6.45) is 3.25. The molecule has 0 aromatic carbocycles. The molecule has 2 fully saturated rings. The van der Waals surface area contributed by atoms with E-state index in [1.807, 2.05) is 0 Å². The van der Waals surface area contributed by atoms with Gasteiger partial charge in [-0.15, -0.1) is 0 Å². The van der Waals surface area contributed by atoms with E-state index in [0.717, 1.165) is 19.6 Å². The third-order valence-corrected chi connectivity index (χ3v) is 3.14. The van der Waals surface area contributed by atoms with E-state index < -0.39 is 5.67 Å². The van der Waals surface area contributed by atoms with E-state index in [9.17, 15) is 4.39 Å².